The Morgan fingerprint density at radius 3 is 2.03 bits per heavy atom. The Kier molecular flexibility index (Phi) is 7.85. The maximum Gasteiger partial charge on any atom is 0.408 e. The molecule has 2 aromatic carbocycles. The number of alkyl carbamates (subject to hydrolysis) is 1. The van der Waals surface area contributed by atoms with Crippen molar-refractivity contribution in [3.63, 3.8) is 0 Å². The SMILES string of the molecule is CC(C)[C@H](NC(=O)OCc1ccccc1)C(=O)N1CCN(Cc2ccccc2)CC1. The number of rotatable bonds is 7. The molecule has 2 aromatic rings. The Bertz CT molecular complexity index is 803. The van der Waals surface area contributed by atoms with Crippen LogP contribution in [0.25, 0.3) is 0 Å². The zero-order valence-corrected chi connectivity index (χ0v) is 17.8. The molecule has 0 radical (unpaired) electrons. The van der Waals surface area contributed by atoms with Gasteiger partial charge in [0.25, 0.3) is 0 Å². The molecule has 0 aromatic heterocycles. The van der Waals surface area contributed by atoms with E-state index in [0.717, 1.165) is 25.2 Å². The lowest BCUT2D eigenvalue weighted by molar-refractivity contribution is -0.136. The molecule has 1 saturated heterocycles. The molecule has 0 aliphatic carbocycles. The van der Waals surface area contributed by atoms with Crippen LogP contribution < -0.4 is 5.32 Å². The van der Waals surface area contributed by atoms with Gasteiger partial charge in [0.05, 0.1) is 0 Å². The normalized spacial score (nSPS) is 15.6. The van der Waals surface area contributed by atoms with Gasteiger partial charge in [-0.05, 0) is 17.0 Å². The number of hydrogen-bond acceptors (Lipinski definition) is 4. The number of hydrogen-bond donors (Lipinski definition) is 1. The fourth-order valence-corrected chi connectivity index (χ4v) is 3.57. The van der Waals surface area contributed by atoms with E-state index in [1.807, 2.05) is 67.3 Å². The second-order valence-electron chi connectivity index (χ2n) is 8.01. The number of ether oxygens (including phenoxy) is 1. The minimum absolute atomic E-state index is 0.0240. The molecular weight excluding hydrogens is 378 g/mol. The summed E-state index contributed by atoms with van der Waals surface area (Å²) in [5.74, 6) is -0.0647. The predicted molar refractivity (Wildman–Crippen MR) is 117 cm³/mol. The van der Waals surface area contributed by atoms with E-state index in [0.29, 0.717) is 13.1 Å². The zero-order valence-electron chi connectivity index (χ0n) is 17.8. The van der Waals surface area contributed by atoms with Crippen LogP contribution in [0, 0.1) is 5.92 Å². The monoisotopic (exact) mass is 409 g/mol. The minimum atomic E-state index is -0.589. The van der Waals surface area contributed by atoms with E-state index >= 15 is 0 Å². The molecule has 6 nitrogen and oxygen atoms in total. The molecule has 1 heterocycles. The molecule has 3 rings (SSSR count). The van der Waals surface area contributed by atoms with E-state index in [1.54, 1.807) is 0 Å². The number of nitrogens with one attached hydrogen (secondary N) is 1. The van der Waals surface area contributed by atoms with Crippen molar-refractivity contribution < 1.29 is 14.3 Å². The lowest BCUT2D eigenvalue weighted by Gasteiger charge is -2.37. The van der Waals surface area contributed by atoms with E-state index in [4.69, 9.17) is 4.74 Å². The molecule has 1 atom stereocenters. The highest BCUT2D eigenvalue weighted by molar-refractivity contribution is 5.86. The number of piperazine rings is 1. The second-order valence-corrected chi connectivity index (χ2v) is 8.01. The van der Waals surface area contributed by atoms with Crippen molar-refractivity contribution in [3.05, 3.63) is 71.8 Å². The third-order valence-corrected chi connectivity index (χ3v) is 5.35. The Morgan fingerprint density at radius 1 is 0.900 bits per heavy atom. The van der Waals surface area contributed by atoms with Crippen molar-refractivity contribution in [2.45, 2.75) is 33.0 Å². The average molecular weight is 410 g/mol. The van der Waals surface area contributed by atoms with Crippen LogP contribution >= 0.6 is 0 Å². The lowest BCUT2D eigenvalue weighted by Crippen LogP contribution is -2.56. The molecule has 0 saturated carbocycles. The summed E-state index contributed by atoms with van der Waals surface area (Å²) in [7, 11) is 0. The Labute approximate surface area is 178 Å². The predicted octanol–water partition coefficient (Wildman–Crippen LogP) is 3.28. The number of carbonyl (C=O) groups excluding carboxylic acids is 2. The van der Waals surface area contributed by atoms with E-state index in [1.165, 1.54) is 5.56 Å². The van der Waals surface area contributed by atoms with Gasteiger partial charge < -0.3 is 15.0 Å². The van der Waals surface area contributed by atoms with Crippen LogP contribution in [0.5, 0.6) is 0 Å². The molecule has 1 fully saturated rings. The molecule has 1 aliphatic heterocycles. The van der Waals surface area contributed by atoms with E-state index in [9.17, 15) is 9.59 Å². The van der Waals surface area contributed by atoms with Gasteiger partial charge in [0.1, 0.15) is 12.6 Å². The Balaban J connectivity index is 1.48. The minimum Gasteiger partial charge on any atom is -0.445 e. The number of amides is 2. The molecular formula is C24H31N3O3. The summed E-state index contributed by atoms with van der Waals surface area (Å²) in [4.78, 5) is 29.5. The molecule has 160 valence electrons. The van der Waals surface area contributed by atoms with Crippen LogP contribution in [0.4, 0.5) is 4.79 Å². The largest absolute Gasteiger partial charge is 0.445 e. The molecule has 1 aliphatic rings. The summed E-state index contributed by atoms with van der Waals surface area (Å²) >= 11 is 0. The molecule has 6 heteroatoms. The smallest absolute Gasteiger partial charge is 0.408 e. The van der Waals surface area contributed by atoms with Crippen LogP contribution in [0.1, 0.15) is 25.0 Å². The average Bonchev–Trinajstić information content (AvgIpc) is 2.77. The van der Waals surface area contributed by atoms with Crippen LogP contribution in [0.3, 0.4) is 0 Å². The third-order valence-electron chi connectivity index (χ3n) is 5.35. The van der Waals surface area contributed by atoms with Gasteiger partial charge in [0, 0.05) is 32.7 Å². The maximum absolute atomic E-state index is 13.1. The number of carbonyl (C=O) groups is 2. The summed E-state index contributed by atoms with van der Waals surface area (Å²) in [6.07, 6.45) is -0.561. The van der Waals surface area contributed by atoms with Crippen LogP contribution in [-0.4, -0.2) is 54.0 Å². The number of benzene rings is 2. The highest BCUT2D eigenvalue weighted by atomic mass is 16.5. The van der Waals surface area contributed by atoms with Crippen LogP contribution in [-0.2, 0) is 22.7 Å². The fourth-order valence-electron chi connectivity index (χ4n) is 3.57. The summed E-state index contributed by atoms with van der Waals surface area (Å²) in [6.45, 7) is 7.92. The summed E-state index contributed by atoms with van der Waals surface area (Å²) in [6, 6.07) is 19.3. The first kappa shape index (κ1) is 21.8. The van der Waals surface area contributed by atoms with Gasteiger partial charge in [-0.1, -0.05) is 74.5 Å². The van der Waals surface area contributed by atoms with Gasteiger partial charge in [-0.2, -0.15) is 0 Å². The van der Waals surface area contributed by atoms with E-state index in [2.05, 4.69) is 22.3 Å². The Morgan fingerprint density at radius 2 is 1.47 bits per heavy atom. The van der Waals surface area contributed by atoms with Gasteiger partial charge in [0.15, 0.2) is 0 Å². The van der Waals surface area contributed by atoms with Crippen molar-refractivity contribution >= 4 is 12.0 Å². The topological polar surface area (TPSA) is 61.9 Å². The van der Waals surface area contributed by atoms with Gasteiger partial charge >= 0.3 is 6.09 Å². The highest BCUT2D eigenvalue weighted by Crippen LogP contribution is 2.12. The Hall–Kier alpha value is -2.86. The van der Waals surface area contributed by atoms with Gasteiger partial charge in [0.2, 0.25) is 5.91 Å². The third kappa shape index (κ3) is 6.32. The lowest BCUT2D eigenvalue weighted by atomic mass is 10.0. The van der Waals surface area contributed by atoms with Gasteiger partial charge in [-0.15, -0.1) is 0 Å². The zero-order chi connectivity index (χ0) is 21.3. The first-order valence-corrected chi connectivity index (χ1v) is 10.5. The molecule has 0 bridgehead atoms. The van der Waals surface area contributed by atoms with Crippen molar-refractivity contribution in [1.29, 1.82) is 0 Å². The quantitative estimate of drug-likeness (QED) is 0.762. The van der Waals surface area contributed by atoms with Crippen molar-refractivity contribution in [3.8, 4) is 0 Å². The highest BCUT2D eigenvalue weighted by Gasteiger charge is 2.31. The van der Waals surface area contributed by atoms with Gasteiger partial charge in [-0.3, -0.25) is 9.69 Å². The summed E-state index contributed by atoms with van der Waals surface area (Å²) in [5, 5.41) is 2.77. The first-order chi connectivity index (χ1) is 14.5. The number of nitrogens with zero attached hydrogens (tertiary/aromatic N) is 2. The molecule has 0 unspecified atom stereocenters. The van der Waals surface area contributed by atoms with Crippen molar-refractivity contribution in [1.82, 2.24) is 15.1 Å². The van der Waals surface area contributed by atoms with Crippen molar-refractivity contribution in [2.24, 2.45) is 5.92 Å². The molecule has 0 spiro atoms. The first-order valence-electron chi connectivity index (χ1n) is 10.5. The summed E-state index contributed by atoms with van der Waals surface area (Å²) < 4.78 is 5.30. The fraction of sp³-hybridized carbons (Fsp3) is 0.417. The second kappa shape index (κ2) is 10.8. The van der Waals surface area contributed by atoms with Crippen LogP contribution in [0.2, 0.25) is 0 Å². The van der Waals surface area contributed by atoms with E-state index < -0.39 is 12.1 Å². The molecule has 2 amide bonds. The summed E-state index contributed by atoms with van der Waals surface area (Å²) in [5.41, 5.74) is 2.19. The standard InChI is InChI=1S/C24H31N3O3/c1-19(2)22(25-24(29)30-18-21-11-7-4-8-12-21)23(28)27-15-13-26(14-16-27)17-20-9-5-3-6-10-20/h3-12,19,22H,13-18H2,1-2H3,(H,25,29)/t22-/m0/s1. The maximum atomic E-state index is 13.1. The van der Waals surface area contributed by atoms with Crippen LogP contribution in [0.15, 0.2) is 60.7 Å². The molecule has 30 heavy (non-hydrogen) atoms. The van der Waals surface area contributed by atoms with Gasteiger partial charge in [-0.25, -0.2) is 4.79 Å². The van der Waals surface area contributed by atoms with E-state index in [-0.39, 0.29) is 18.4 Å². The molecule has 1 N–H and O–H groups in total. The van der Waals surface area contributed by atoms with Crippen molar-refractivity contribution in [2.75, 3.05) is 26.2 Å².